The second-order valence-electron chi connectivity index (χ2n) is 4.71. The predicted octanol–water partition coefficient (Wildman–Crippen LogP) is 4.36. The first-order valence-electron chi connectivity index (χ1n) is 6.45. The monoisotopic (exact) mass is 417 g/mol. The van der Waals surface area contributed by atoms with Crippen LogP contribution in [0, 0.1) is 16.3 Å². The van der Waals surface area contributed by atoms with Crippen LogP contribution in [0.1, 0.15) is 21.5 Å². The van der Waals surface area contributed by atoms with Crippen LogP contribution in [0.25, 0.3) is 0 Å². The van der Waals surface area contributed by atoms with Crippen molar-refractivity contribution >= 4 is 40.1 Å². The highest BCUT2D eigenvalue weighted by molar-refractivity contribution is 14.1. The quantitative estimate of drug-likeness (QED) is 0.736. The first-order chi connectivity index (χ1) is 9.97. The Bertz CT molecular complexity index is 675. The van der Waals surface area contributed by atoms with Crippen LogP contribution in [0.4, 0.5) is 4.39 Å². The van der Waals surface area contributed by atoms with Crippen LogP contribution >= 0.6 is 34.2 Å². The predicted molar refractivity (Wildman–Crippen MR) is 91.3 cm³/mol. The van der Waals surface area contributed by atoms with Crippen molar-refractivity contribution in [3.63, 3.8) is 0 Å². The molecule has 2 rings (SSSR count). The van der Waals surface area contributed by atoms with Crippen LogP contribution in [0.15, 0.2) is 36.4 Å². The number of hydrogen-bond donors (Lipinski definition) is 1. The molecule has 2 aromatic carbocycles. The first-order valence-corrected chi connectivity index (χ1v) is 7.91. The standard InChI is InChI=1S/C16H14ClFINO/c1-10-8-13(18)4-2-11(10)6-7-20-16(21)12-3-5-15(19)14(17)9-12/h2-5,8-9H,6-7H2,1H3,(H,20,21). The summed E-state index contributed by atoms with van der Waals surface area (Å²) in [5, 5.41) is 3.41. The van der Waals surface area contributed by atoms with Gasteiger partial charge in [0.2, 0.25) is 0 Å². The fourth-order valence-corrected chi connectivity index (χ4v) is 2.51. The van der Waals surface area contributed by atoms with E-state index in [0.29, 0.717) is 23.6 Å². The molecule has 0 aromatic heterocycles. The van der Waals surface area contributed by atoms with Gasteiger partial charge in [0.25, 0.3) is 5.91 Å². The summed E-state index contributed by atoms with van der Waals surface area (Å²) in [4.78, 5) is 12.0. The minimum Gasteiger partial charge on any atom is -0.352 e. The highest BCUT2D eigenvalue weighted by Crippen LogP contribution is 2.19. The Kier molecular flexibility index (Phi) is 5.58. The Hall–Kier alpha value is -1.14. The summed E-state index contributed by atoms with van der Waals surface area (Å²) >= 11 is 8.11. The van der Waals surface area contributed by atoms with Crippen LogP contribution in [0.5, 0.6) is 0 Å². The summed E-state index contributed by atoms with van der Waals surface area (Å²) in [5.41, 5.74) is 2.45. The number of carbonyl (C=O) groups excluding carboxylic acids is 1. The fraction of sp³-hybridized carbons (Fsp3) is 0.188. The molecule has 0 radical (unpaired) electrons. The van der Waals surface area contributed by atoms with E-state index in [9.17, 15) is 9.18 Å². The maximum Gasteiger partial charge on any atom is 0.251 e. The van der Waals surface area contributed by atoms with E-state index in [1.807, 2.05) is 13.0 Å². The number of carbonyl (C=O) groups is 1. The smallest absolute Gasteiger partial charge is 0.251 e. The van der Waals surface area contributed by atoms with Crippen molar-refractivity contribution in [1.82, 2.24) is 5.32 Å². The molecule has 0 heterocycles. The first kappa shape index (κ1) is 16.2. The van der Waals surface area contributed by atoms with Crippen LogP contribution in [0.3, 0.4) is 0 Å². The molecule has 0 aliphatic heterocycles. The molecule has 0 bridgehead atoms. The van der Waals surface area contributed by atoms with Crippen molar-refractivity contribution < 1.29 is 9.18 Å². The number of amides is 1. The molecule has 0 aliphatic rings. The number of hydrogen-bond acceptors (Lipinski definition) is 1. The molecule has 0 spiro atoms. The van der Waals surface area contributed by atoms with E-state index in [4.69, 9.17) is 11.6 Å². The molecule has 1 N–H and O–H groups in total. The topological polar surface area (TPSA) is 29.1 Å². The van der Waals surface area contributed by atoms with Crippen molar-refractivity contribution in [3.05, 3.63) is 67.5 Å². The molecule has 2 nitrogen and oxygen atoms in total. The Morgan fingerprint density at radius 2 is 2.05 bits per heavy atom. The SMILES string of the molecule is Cc1cc(F)ccc1CCNC(=O)c1ccc(I)c(Cl)c1. The molecule has 0 saturated heterocycles. The molecule has 2 aromatic rings. The molecule has 0 fully saturated rings. The van der Waals surface area contributed by atoms with Gasteiger partial charge in [-0.1, -0.05) is 17.7 Å². The Morgan fingerprint density at radius 3 is 2.71 bits per heavy atom. The van der Waals surface area contributed by atoms with Crippen molar-refractivity contribution in [1.29, 1.82) is 0 Å². The number of benzene rings is 2. The van der Waals surface area contributed by atoms with Crippen LogP contribution < -0.4 is 5.32 Å². The summed E-state index contributed by atoms with van der Waals surface area (Å²) in [7, 11) is 0. The number of aryl methyl sites for hydroxylation is 1. The molecule has 0 saturated carbocycles. The highest BCUT2D eigenvalue weighted by Gasteiger charge is 2.08. The van der Waals surface area contributed by atoms with E-state index in [1.54, 1.807) is 18.2 Å². The van der Waals surface area contributed by atoms with Gasteiger partial charge < -0.3 is 5.32 Å². The normalized spacial score (nSPS) is 10.5. The third-order valence-corrected chi connectivity index (χ3v) is 4.74. The maximum absolute atomic E-state index is 13.0. The third kappa shape index (κ3) is 4.41. The van der Waals surface area contributed by atoms with E-state index >= 15 is 0 Å². The Labute approximate surface area is 141 Å². The van der Waals surface area contributed by atoms with E-state index in [1.165, 1.54) is 12.1 Å². The zero-order chi connectivity index (χ0) is 15.4. The lowest BCUT2D eigenvalue weighted by atomic mass is 10.1. The number of nitrogens with one attached hydrogen (secondary N) is 1. The zero-order valence-electron chi connectivity index (χ0n) is 11.4. The van der Waals surface area contributed by atoms with Gasteiger partial charge in [-0.2, -0.15) is 0 Å². The second-order valence-corrected chi connectivity index (χ2v) is 6.27. The van der Waals surface area contributed by atoms with Gasteiger partial charge in [-0.05, 0) is 77.4 Å². The minimum atomic E-state index is -0.242. The van der Waals surface area contributed by atoms with Gasteiger partial charge >= 0.3 is 0 Å². The summed E-state index contributed by atoms with van der Waals surface area (Å²) in [5.74, 6) is -0.401. The van der Waals surface area contributed by atoms with Crippen molar-refractivity contribution in [3.8, 4) is 0 Å². The molecule has 0 aliphatic carbocycles. The maximum atomic E-state index is 13.0. The molecule has 21 heavy (non-hydrogen) atoms. The van der Waals surface area contributed by atoms with E-state index < -0.39 is 0 Å². The van der Waals surface area contributed by atoms with Crippen molar-refractivity contribution in [2.75, 3.05) is 6.54 Å². The van der Waals surface area contributed by atoms with Gasteiger partial charge in [0.15, 0.2) is 0 Å². The summed E-state index contributed by atoms with van der Waals surface area (Å²) in [6, 6.07) is 9.88. The molecule has 0 unspecified atom stereocenters. The zero-order valence-corrected chi connectivity index (χ0v) is 14.3. The molecular formula is C16H14ClFINO. The van der Waals surface area contributed by atoms with Gasteiger partial charge in [-0.15, -0.1) is 0 Å². The van der Waals surface area contributed by atoms with Crippen molar-refractivity contribution in [2.24, 2.45) is 0 Å². The largest absolute Gasteiger partial charge is 0.352 e. The molecule has 110 valence electrons. The highest BCUT2D eigenvalue weighted by atomic mass is 127. The average Bonchev–Trinajstić information content (AvgIpc) is 2.44. The number of rotatable bonds is 4. The van der Waals surface area contributed by atoms with Crippen molar-refractivity contribution in [2.45, 2.75) is 13.3 Å². The van der Waals surface area contributed by atoms with E-state index in [-0.39, 0.29) is 11.7 Å². The van der Waals surface area contributed by atoms with Crippen LogP contribution in [-0.2, 0) is 6.42 Å². The summed E-state index contributed by atoms with van der Waals surface area (Å²) in [6.45, 7) is 2.36. The molecule has 5 heteroatoms. The lowest BCUT2D eigenvalue weighted by Crippen LogP contribution is -2.25. The van der Waals surface area contributed by atoms with Crippen LogP contribution in [0.2, 0.25) is 5.02 Å². The molecule has 0 atom stereocenters. The fourth-order valence-electron chi connectivity index (χ4n) is 1.99. The van der Waals surface area contributed by atoms with E-state index in [2.05, 4.69) is 27.9 Å². The molecular weight excluding hydrogens is 404 g/mol. The summed E-state index contributed by atoms with van der Waals surface area (Å²) < 4.78 is 13.9. The van der Waals surface area contributed by atoms with Gasteiger partial charge in [-0.25, -0.2) is 4.39 Å². The second kappa shape index (κ2) is 7.22. The lowest BCUT2D eigenvalue weighted by Gasteiger charge is -2.08. The van der Waals surface area contributed by atoms with Gasteiger partial charge in [0.05, 0.1) is 5.02 Å². The van der Waals surface area contributed by atoms with Gasteiger partial charge in [0.1, 0.15) is 5.82 Å². The Balaban J connectivity index is 1.93. The third-order valence-electron chi connectivity index (χ3n) is 3.17. The average molecular weight is 418 g/mol. The molecule has 1 amide bonds. The van der Waals surface area contributed by atoms with Crippen LogP contribution in [-0.4, -0.2) is 12.5 Å². The summed E-state index contributed by atoms with van der Waals surface area (Å²) in [6.07, 6.45) is 0.663. The minimum absolute atomic E-state index is 0.159. The van der Waals surface area contributed by atoms with E-state index in [0.717, 1.165) is 14.7 Å². The van der Waals surface area contributed by atoms with Gasteiger partial charge in [-0.3, -0.25) is 4.79 Å². The Morgan fingerprint density at radius 1 is 1.29 bits per heavy atom. The lowest BCUT2D eigenvalue weighted by molar-refractivity contribution is 0.0954. The van der Waals surface area contributed by atoms with Gasteiger partial charge in [0, 0.05) is 15.7 Å². The number of halogens is 3.